The second-order valence-electron chi connectivity index (χ2n) is 4.26. The molecule has 0 fully saturated rings. The highest BCUT2D eigenvalue weighted by molar-refractivity contribution is 5.82. The molecule has 2 amide bonds. The second-order valence-corrected chi connectivity index (χ2v) is 4.26. The number of rotatable bonds is 9. The van der Waals surface area contributed by atoms with Crippen LogP contribution in [0.25, 0.3) is 0 Å². The highest BCUT2D eigenvalue weighted by atomic mass is 16.5. The maximum absolute atomic E-state index is 11.5. The van der Waals surface area contributed by atoms with E-state index >= 15 is 0 Å². The Morgan fingerprint density at radius 3 is 2.62 bits per heavy atom. The lowest BCUT2D eigenvalue weighted by Crippen LogP contribution is -2.48. The third-order valence-corrected chi connectivity index (χ3v) is 2.56. The minimum Gasteiger partial charge on any atom is -0.494 e. The number of carboxylic acids is 1. The molecule has 0 aromatic heterocycles. The summed E-state index contributed by atoms with van der Waals surface area (Å²) in [5.41, 5.74) is 0. The fourth-order valence-electron chi connectivity index (χ4n) is 1.53. The molecule has 0 aliphatic rings. The molecule has 0 bridgehead atoms. The molecule has 7 nitrogen and oxygen atoms in total. The van der Waals surface area contributed by atoms with Crippen LogP contribution in [0.5, 0.6) is 5.75 Å². The number of aliphatic carboxylic acids is 1. The summed E-state index contributed by atoms with van der Waals surface area (Å²) in [7, 11) is 1.37. The summed E-state index contributed by atoms with van der Waals surface area (Å²) in [6, 6.07) is 7.75. The van der Waals surface area contributed by atoms with Gasteiger partial charge < -0.3 is 25.2 Å². The molecule has 0 radical (unpaired) electrons. The van der Waals surface area contributed by atoms with Crippen LogP contribution in [0, 0.1) is 0 Å². The van der Waals surface area contributed by atoms with E-state index in [2.05, 4.69) is 10.6 Å². The van der Waals surface area contributed by atoms with Crippen LogP contribution in [0.1, 0.15) is 6.42 Å². The number of hydrogen-bond donors (Lipinski definition) is 3. The summed E-state index contributed by atoms with van der Waals surface area (Å²) in [5.74, 6) is -0.368. The third-order valence-electron chi connectivity index (χ3n) is 2.56. The summed E-state index contributed by atoms with van der Waals surface area (Å²) >= 11 is 0. The Morgan fingerprint density at radius 2 is 2.00 bits per heavy atom. The van der Waals surface area contributed by atoms with Gasteiger partial charge in [-0.3, -0.25) is 0 Å². The number of amides is 2. The maximum atomic E-state index is 11.5. The first kappa shape index (κ1) is 16.8. The van der Waals surface area contributed by atoms with Crippen LogP contribution in [0.3, 0.4) is 0 Å². The van der Waals surface area contributed by atoms with Crippen LogP contribution >= 0.6 is 0 Å². The van der Waals surface area contributed by atoms with E-state index in [0.717, 1.165) is 5.75 Å². The molecule has 7 heteroatoms. The van der Waals surface area contributed by atoms with Crippen LogP contribution < -0.4 is 15.4 Å². The first-order chi connectivity index (χ1) is 10.1. The second kappa shape index (κ2) is 9.60. The van der Waals surface area contributed by atoms with E-state index < -0.39 is 18.0 Å². The Hall–Kier alpha value is -2.28. The number of carboxylic acid groups (broad SMARTS) is 1. The number of urea groups is 1. The molecule has 1 aromatic rings. The number of para-hydroxylation sites is 1. The zero-order chi connectivity index (χ0) is 15.5. The van der Waals surface area contributed by atoms with Gasteiger partial charge >= 0.3 is 12.0 Å². The van der Waals surface area contributed by atoms with Gasteiger partial charge in [0.25, 0.3) is 0 Å². The zero-order valence-corrected chi connectivity index (χ0v) is 11.9. The molecule has 0 saturated heterocycles. The molecule has 0 aliphatic heterocycles. The summed E-state index contributed by atoms with van der Waals surface area (Å²) < 4.78 is 10.2. The number of nitrogens with one attached hydrogen (secondary N) is 2. The van der Waals surface area contributed by atoms with Crippen LogP contribution in [0.2, 0.25) is 0 Å². The van der Waals surface area contributed by atoms with E-state index in [4.69, 9.17) is 14.6 Å². The molecule has 21 heavy (non-hydrogen) atoms. The highest BCUT2D eigenvalue weighted by Gasteiger charge is 2.19. The first-order valence-corrected chi connectivity index (χ1v) is 6.57. The third kappa shape index (κ3) is 7.17. The van der Waals surface area contributed by atoms with Gasteiger partial charge in [-0.1, -0.05) is 18.2 Å². The SMILES string of the molecule is COCC(NC(=O)NCCCOc1ccccc1)C(=O)O. The van der Waals surface area contributed by atoms with Crippen LogP contribution in [-0.2, 0) is 9.53 Å². The van der Waals surface area contributed by atoms with Crippen molar-refractivity contribution in [3.8, 4) is 5.75 Å². The average Bonchev–Trinajstić information content (AvgIpc) is 2.47. The molecule has 1 unspecified atom stereocenters. The summed E-state index contributed by atoms with van der Waals surface area (Å²) in [6.07, 6.45) is 0.615. The van der Waals surface area contributed by atoms with Crippen molar-refractivity contribution in [2.24, 2.45) is 0 Å². The number of carbonyl (C=O) groups is 2. The van der Waals surface area contributed by atoms with Gasteiger partial charge in [-0.2, -0.15) is 0 Å². The smallest absolute Gasteiger partial charge is 0.328 e. The van der Waals surface area contributed by atoms with Gasteiger partial charge in [-0.05, 0) is 18.6 Å². The molecule has 116 valence electrons. The van der Waals surface area contributed by atoms with Gasteiger partial charge in [0.2, 0.25) is 0 Å². The van der Waals surface area contributed by atoms with E-state index in [9.17, 15) is 9.59 Å². The van der Waals surface area contributed by atoms with Gasteiger partial charge in [0.15, 0.2) is 6.04 Å². The quantitative estimate of drug-likeness (QED) is 0.587. The summed E-state index contributed by atoms with van der Waals surface area (Å²) in [5, 5.41) is 13.7. The van der Waals surface area contributed by atoms with Crippen molar-refractivity contribution in [3.63, 3.8) is 0 Å². The molecule has 0 saturated carbocycles. The van der Waals surface area contributed by atoms with Crippen molar-refractivity contribution in [1.29, 1.82) is 0 Å². The fraction of sp³-hybridized carbons (Fsp3) is 0.429. The summed E-state index contributed by atoms with van der Waals surface area (Å²) in [4.78, 5) is 22.3. The molecular weight excluding hydrogens is 276 g/mol. The minimum atomic E-state index is -1.14. The van der Waals surface area contributed by atoms with Crippen LogP contribution in [0.4, 0.5) is 4.79 Å². The van der Waals surface area contributed by atoms with Crippen molar-refractivity contribution in [2.45, 2.75) is 12.5 Å². The fourth-order valence-corrected chi connectivity index (χ4v) is 1.53. The van der Waals surface area contributed by atoms with E-state index in [1.165, 1.54) is 7.11 Å². The Balaban J connectivity index is 2.14. The topological polar surface area (TPSA) is 96.9 Å². The van der Waals surface area contributed by atoms with Crippen molar-refractivity contribution in [3.05, 3.63) is 30.3 Å². The van der Waals surface area contributed by atoms with Gasteiger partial charge in [-0.25, -0.2) is 9.59 Å². The molecule has 0 aliphatic carbocycles. The van der Waals surface area contributed by atoms with Gasteiger partial charge in [0.05, 0.1) is 13.2 Å². The Kier molecular flexibility index (Phi) is 7.67. The molecule has 0 heterocycles. The largest absolute Gasteiger partial charge is 0.494 e. The normalized spacial score (nSPS) is 11.5. The van der Waals surface area contributed by atoms with Crippen molar-refractivity contribution in [2.75, 3.05) is 26.9 Å². The number of hydrogen-bond acceptors (Lipinski definition) is 4. The van der Waals surface area contributed by atoms with Gasteiger partial charge in [0.1, 0.15) is 5.75 Å². The number of ether oxygens (including phenoxy) is 2. The van der Waals surface area contributed by atoms with Crippen molar-refractivity contribution < 1.29 is 24.2 Å². The Morgan fingerprint density at radius 1 is 1.29 bits per heavy atom. The van der Waals surface area contributed by atoms with Gasteiger partial charge in [-0.15, -0.1) is 0 Å². The van der Waals surface area contributed by atoms with E-state index in [1.54, 1.807) is 0 Å². The van der Waals surface area contributed by atoms with Crippen molar-refractivity contribution >= 4 is 12.0 Å². The Labute approximate surface area is 123 Å². The van der Waals surface area contributed by atoms with E-state index in [1.807, 2.05) is 30.3 Å². The first-order valence-electron chi connectivity index (χ1n) is 6.57. The highest BCUT2D eigenvalue weighted by Crippen LogP contribution is 2.07. The van der Waals surface area contributed by atoms with Crippen molar-refractivity contribution in [1.82, 2.24) is 10.6 Å². The maximum Gasteiger partial charge on any atom is 0.328 e. The van der Waals surface area contributed by atoms with E-state index in [-0.39, 0.29) is 6.61 Å². The number of benzene rings is 1. The zero-order valence-electron chi connectivity index (χ0n) is 11.9. The number of carbonyl (C=O) groups excluding carboxylic acids is 1. The molecular formula is C14H20N2O5. The summed E-state index contributed by atoms with van der Waals surface area (Å²) in [6.45, 7) is 0.766. The van der Waals surface area contributed by atoms with Crippen LogP contribution in [0.15, 0.2) is 30.3 Å². The molecule has 1 rings (SSSR count). The number of methoxy groups -OCH3 is 1. The monoisotopic (exact) mass is 296 g/mol. The molecule has 3 N–H and O–H groups in total. The predicted molar refractivity (Wildman–Crippen MR) is 76.4 cm³/mol. The lowest BCUT2D eigenvalue weighted by Gasteiger charge is -2.14. The molecule has 1 atom stereocenters. The molecule has 0 spiro atoms. The van der Waals surface area contributed by atoms with E-state index in [0.29, 0.717) is 19.6 Å². The lowest BCUT2D eigenvalue weighted by atomic mass is 10.3. The minimum absolute atomic E-state index is 0.0835. The van der Waals surface area contributed by atoms with Crippen LogP contribution in [-0.4, -0.2) is 50.0 Å². The van der Waals surface area contributed by atoms with Gasteiger partial charge in [0, 0.05) is 13.7 Å². The standard InChI is InChI=1S/C14H20N2O5/c1-20-10-12(13(17)18)16-14(19)15-8-5-9-21-11-6-3-2-4-7-11/h2-4,6-7,12H,5,8-10H2,1H3,(H,17,18)(H2,15,16,19). The predicted octanol–water partition coefficient (Wildman–Crippen LogP) is 0.854. The average molecular weight is 296 g/mol. The lowest BCUT2D eigenvalue weighted by molar-refractivity contribution is -0.140. The Bertz CT molecular complexity index is 438. The molecule has 1 aromatic carbocycles.